The molecular formula is C17H24N2O6S. The lowest BCUT2D eigenvalue weighted by molar-refractivity contribution is 0.171. The molecule has 3 N–H and O–H groups in total. The van der Waals surface area contributed by atoms with Crippen LogP contribution in [0.1, 0.15) is 25.7 Å². The average molecular weight is 384 g/mol. The summed E-state index contributed by atoms with van der Waals surface area (Å²) in [6, 6.07) is 4.62. The molecule has 0 radical (unpaired) electrons. The maximum absolute atomic E-state index is 12.5. The van der Waals surface area contributed by atoms with E-state index in [9.17, 15) is 13.2 Å². The zero-order chi connectivity index (χ0) is 18.6. The molecule has 8 nitrogen and oxygen atoms in total. The van der Waals surface area contributed by atoms with E-state index in [2.05, 4.69) is 10.0 Å². The van der Waals surface area contributed by atoms with Gasteiger partial charge in [0, 0.05) is 19.2 Å². The van der Waals surface area contributed by atoms with Crippen LogP contribution in [0.25, 0.3) is 0 Å². The molecule has 0 saturated heterocycles. The van der Waals surface area contributed by atoms with Crippen LogP contribution in [0.3, 0.4) is 0 Å². The fourth-order valence-corrected chi connectivity index (χ4v) is 4.50. The molecule has 144 valence electrons. The molecular weight excluding hydrogens is 360 g/mol. The Bertz CT molecular complexity index is 744. The van der Waals surface area contributed by atoms with E-state index in [4.69, 9.17) is 14.6 Å². The molecule has 1 aromatic rings. The van der Waals surface area contributed by atoms with Gasteiger partial charge in [-0.15, -0.1) is 0 Å². The van der Waals surface area contributed by atoms with Gasteiger partial charge in [-0.2, -0.15) is 0 Å². The number of sulfonamides is 1. The summed E-state index contributed by atoms with van der Waals surface area (Å²) in [7, 11) is -3.60. The maximum atomic E-state index is 12.5. The van der Waals surface area contributed by atoms with Gasteiger partial charge in [-0.05, 0) is 49.7 Å². The summed E-state index contributed by atoms with van der Waals surface area (Å²) in [6.45, 7) is 1.72. The lowest BCUT2D eigenvalue weighted by Gasteiger charge is -2.28. The summed E-state index contributed by atoms with van der Waals surface area (Å²) in [5, 5.41) is 11.1. The number of hydrogen-bond donors (Lipinski definition) is 3. The van der Waals surface area contributed by atoms with Crippen molar-refractivity contribution in [3.8, 4) is 11.5 Å². The smallest absolute Gasteiger partial charge is 0.404 e. The van der Waals surface area contributed by atoms with Crippen LogP contribution in [-0.4, -0.2) is 45.9 Å². The average Bonchev–Trinajstić information content (AvgIpc) is 2.65. The van der Waals surface area contributed by atoms with Gasteiger partial charge in [-0.25, -0.2) is 17.9 Å². The SMILES string of the molecule is O=C(O)NC[C@H]1CC[C@H](CNS(=O)(=O)c2ccc3c(c2)OCCO3)CC1. The van der Waals surface area contributed by atoms with E-state index in [0.717, 1.165) is 25.7 Å². The predicted octanol–water partition coefficient (Wildman–Crippen LogP) is 1.81. The van der Waals surface area contributed by atoms with E-state index in [1.807, 2.05) is 0 Å². The standard InChI is InChI=1S/C17H24N2O6S/c20-17(21)18-10-12-1-3-13(4-2-12)11-19-26(22,23)14-5-6-15-16(9-14)25-8-7-24-15/h5-6,9,12-13,18-19H,1-4,7-8,10-11H2,(H,20,21)/t12-,13-. The number of nitrogens with one attached hydrogen (secondary N) is 2. The molecule has 1 aliphatic carbocycles. The van der Waals surface area contributed by atoms with Gasteiger partial charge in [0.05, 0.1) is 4.90 Å². The Morgan fingerprint density at radius 2 is 1.65 bits per heavy atom. The summed E-state index contributed by atoms with van der Waals surface area (Å²) < 4.78 is 38.6. The van der Waals surface area contributed by atoms with Crippen LogP contribution in [0.15, 0.2) is 23.1 Å². The van der Waals surface area contributed by atoms with Gasteiger partial charge in [0.25, 0.3) is 0 Å². The van der Waals surface area contributed by atoms with E-state index in [1.54, 1.807) is 6.07 Å². The van der Waals surface area contributed by atoms with Crippen molar-refractivity contribution in [3.63, 3.8) is 0 Å². The number of carboxylic acid groups (broad SMARTS) is 1. The van der Waals surface area contributed by atoms with Crippen LogP contribution < -0.4 is 19.5 Å². The predicted molar refractivity (Wildman–Crippen MR) is 94.1 cm³/mol. The number of carbonyl (C=O) groups is 1. The van der Waals surface area contributed by atoms with Crippen molar-refractivity contribution >= 4 is 16.1 Å². The van der Waals surface area contributed by atoms with Crippen LogP contribution in [0.2, 0.25) is 0 Å². The molecule has 0 bridgehead atoms. The fourth-order valence-electron chi connectivity index (χ4n) is 3.37. The largest absolute Gasteiger partial charge is 0.486 e. The van der Waals surface area contributed by atoms with Crippen LogP contribution >= 0.6 is 0 Å². The Morgan fingerprint density at radius 3 is 2.31 bits per heavy atom. The van der Waals surface area contributed by atoms with Gasteiger partial charge in [-0.1, -0.05) is 0 Å². The van der Waals surface area contributed by atoms with Crippen LogP contribution in [-0.2, 0) is 10.0 Å². The Hall–Kier alpha value is -2.00. The van der Waals surface area contributed by atoms with E-state index in [1.165, 1.54) is 12.1 Å². The number of benzene rings is 1. The van der Waals surface area contributed by atoms with Crippen LogP contribution in [0.4, 0.5) is 4.79 Å². The summed E-state index contributed by atoms with van der Waals surface area (Å²) in [5.41, 5.74) is 0. The Labute approximate surface area is 152 Å². The molecule has 0 spiro atoms. The third-order valence-electron chi connectivity index (χ3n) is 4.89. The summed E-state index contributed by atoms with van der Waals surface area (Å²) in [4.78, 5) is 10.7. The minimum Gasteiger partial charge on any atom is -0.486 e. The highest BCUT2D eigenvalue weighted by Crippen LogP contribution is 2.32. The fraction of sp³-hybridized carbons (Fsp3) is 0.588. The Morgan fingerprint density at radius 1 is 1.04 bits per heavy atom. The second-order valence-electron chi connectivity index (χ2n) is 6.73. The Kier molecular flexibility index (Phi) is 5.87. The molecule has 1 amide bonds. The molecule has 26 heavy (non-hydrogen) atoms. The number of rotatable bonds is 6. The Balaban J connectivity index is 1.51. The van der Waals surface area contributed by atoms with Gasteiger partial charge < -0.3 is 19.9 Å². The van der Waals surface area contributed by atoms with Gasteiger partial charge >= 0.3 is 6.09 Å². The van der Waals surface area contributed by atoms with Gasteiger partial charge in [0.1, 0.15) is 13.2 Å². The first-order valence-corrected chi connectivity index (χ1v) is 10.3. The quantitative estimate of drug-likeness (QED) is 0.689. The third-order valence-corrected chi connectivity index (χ3v) is 6.32. The van der Waals surface area contributed by atoms with E-state index in [-0.39, 0.29) is 10.8 Å². The molecule has 1 aliphatic heterocycles. The lowest BCUT2D eigenvalue weighted by Crippen LogP contribution is -2.34. The molecule has 1 fully saturated rings. The molecule has 1 heterocycles. The highest BCUT2D eigenvalue weighted by molar-refractivity contribution is 7.89. The van der Waals surface area contributed by atoms with Crippen LogP contribution in [0.5, 0.6) is 11.5 Å². The maximum Gasteiger partial charge on any atom is 0.404 e. The van der Waals surface area contributed by atoms with Crippen molar-refractivity contribution in [2.75, 3.05) is 26.3 Å². The molecule has 1 saturated carbocycles. The molecule has 9 heteroatoms. The van der Waals surface area contributed by atoms with E-state index < -0.39 is 16.1 Å². The minimum absolute atomic E-state index is 0.168. The molecule has 2 aliphatic rings. The zero-order valence-electron chi connectivity index (χ0n) is 14.4. The highest BCUT2D eigenvalue weighted by atomic mass is 32.2. The van der Waals surface area contributed by atoms with Crippen LogP contribution in [0, 0.1) is 11.8 Å². The molecule has 0 atom stereocenters. The molecule has 0 unspecified atom stereocenters. The molecule has 3 rings (SSSR count). The van der Waals surface area contributed by atoms with Crippen molar-refractivity contribution in [2.24, 2.45) is 11.8 Å². The zero-order valence-corrected chi connectivity index (χ0v) is 15.3. The van der Waals surface area contributed by atoms with Crippen molar-refractivity contribution in [2.45, 2.75) is 30.6 Å². The second kappa shape index (κ2) is 8.13. The lowest BCUT2D eigenvalue weighted by atomic mass is 9.82. The van der Waals surface area contributed by atoms with E-state index in [0.29, 0.717) is 43.7 Å². The van der Waals surface area contributed by atoms with E-state index >= 15 is 0 Å². The number of amides is 1. The molecule has 1 aromatic carbocycles. The van der Waals surface area contributed by atoms with Gasteiger partial charge in [-0.3, -0.25) is 0 Å². The first-order valence-electron chi connectivity index (χ1n) is 8.80. The van der Waals surface area contributed by atoms with Crippen molar-refractivity contribution in [3.05, 3.63) is 18.2 Å². The van der Waals surface area contributed by atoms with Crippen molar-refractivity contribution in [1.82, 2.24) is 10.0 Å². The monoisotopic (exact) mass is 384 g/mol. The highest BCUT2D eigenvalue weighted by Gasteiger charge is 2.24. The van der Waals surface area contributed by atoms with Gasteiger partial charge in [0.15, 0.2) is 11.5 Å². The first-order chi connectivity index (χ1) is 12.4. The summed E-state index contributed by atoms with van der Waals surface area (Å²) >= 11 is 0. The second-order valence-corrected chi connectivity index (χ2v) is 8.50. The molecule has 0 aromatic heterocycles. The minimum atomic E-state index is -3.60. The van der Waals surface area contributed by atoms with Gasteiger partial charge in [0.2, 0.25) is 10.0 Å². The van der Waals surface area contributed by atoms with Crippen molar-refractivity contribution in [1.29, 1.82) is 0 Å². The normalized spacial score (nSPS) is 22.6. The number of ether oxygens (including phenoxy) is 2. The number of fused-ring (bicyclic) bond motifs is 1. The van der Waals surface area contributed by atoms with Crippen molar-refractivity contribution < 1.29 is 27.8 Å². The summed E-state index contributed by atoms with van der Waals surface area (Å²) in [6.07, 6.45) is 2.57. The number of hydrogen-bond acceptors (Lipinski definition) is 5. The first kappa shape index (κ1) is 18.8. The topological polar surface area (TPSA) is 114 Å². The summed E-state index contributed by atoms with van der Waals surface area (Å²) in [5.74, 6) is 1.61. The third kappa shape index (κ3) is 4.79.